The monoisotopic (exact) mass is 248 g/mol. The van der Waals surface area contributed by atoms with E-state index in [0.717, 1.165) is 5.56 Å². The minimum atomic E-state index is -0.435. The molecule has 1 fully saturated rings. The van der Waals surface area contributed by atoms with Crippen molar-refractivity contribution in [2.24, 2.45) is 5.73 Å². The highest BCUT2D eigenvalue weighted by Gasteiger charge is 2.32. The van der Waals surface area contributed by atoms with E-state index in [0.29, 0.717) is 5.82 Å². The van der Waals surface area contributed by atoms with Crippen LogP contribution in [0.4, 0.5) is 5.82 Å². The number of hydrogen-bond acceptors (Lipinski definition) is 5. The van der Waals surface area contributed by atoms with Crippen LogP contribution in [0.3, 0.4) is 0 Å². The first-order chi connectivity index (χ1) is 8.50. The smallest absolute Gasteiger partial charge is 0.249 e. The van der Waals surface area contributed by atoms with Gasteiger partial charge in [-0.15, -0.1) is 0 Å². The zero-order valence-corrected chi connectivity index (χ0v) is 10.4. The molecule has 0 aliphatic carbocycles. The molecule has 0 aromatic carbocycles. The summed E-state index contributed by atoms with van der Waals surface area (Å²) in [6, 6.07) is 3.01. The molecule has 0 saturated carbocycles. The van der Waals surface area contributed by atoms with Crippen LogP contribution in [-0.4, -0.2) is 29.4 Å². The molecule has 0 radical (unpaired) electrons. The van der Waals surface area contributed by atoms with Gasteiger partial charge in [0.15, 0.2) is 0 Å². The third-order valence-corrected chi connectivity index (χ3v) is 3.00. The molecule has 0 spiro atoms. The predicted octanol–water partition coefficient (Wildman–Crippen LogP) is -0.0474. The fraction of sp³-hybridized carbons (Fsp3) is 0.417. The second-order valence-electron chi connectivity index (χ2n) is 4.42. The van der Waals surface area contributed by atoms with Gasteiger partial charge in [-0.05, 0) is 19.9 Å². The first kappa shape index (κ1) is 12.5. The number of carbonyl (C=O) groups is 2. The summed E-state index contributed by atoms with van der Waals surface area (Å²) in [6.07, 6.45) is 1.63. The molecular weight excluding hydrogens is 232 g/mol. The SMILES string of the molecule is CC1C(=O)NC(=O)CN1c1ncccc1[C@@H](C)N. The molecular formula is C12H16N4O2. The molecule has 3 N–H and O–H groups in total. The second kappa shape index (κ2) is 4.73. The predicted molar refractivity (Wildman–Crippen MR) is 66.8 cm³/mol. The summed E-state index contributed by atoms with van der Waals surface area (Å²) >= 11 is 0. The largest absolute Gasteiger partial charge is 0.335 e. The van der Waals surface area contributed by atoms with E-state index in [9.17, 15) is 9.59 Å². The van der Waals surface area contributed by atoms with Crippen LogP contribution in [0.25, 0.3) is 0 Å². The first-order valence-corrected chi connectivity index (χ1v) is 5.81. The lowest BCUT2D eigenvalue weighted by atomic mass is 10.1. The van der Waals surface area contributed by atoms with E-state index in [4.69, 9.17) is 5.73 Å². The summed E-state index contributed by atoms with van der Waals surface area (Å²) in [7, 11) is 0. The summed E-state index contributed by atoms with van der Waals surface area (Å²) in [6.45, 7) is 3.70. The number of piperazine rings is 1. The molecule has 1 aliphatic heterocycles. The minimum absolute atomic E-state index is 0.115. The van der Waals surface area contributed by atoms with Gasteiger partial charge in [-0.3, -0.25) is 14.9 Å². The molecule has 1 aromatic heterocycles. The molecule has 0 bridgehead atoms. The third-order valence-electron chi connectivity index (χ3n) is 3.00. The summed E-state index contributed by atoms with van der Waals surface area (Å²) in [4.78, 5) is 29.0. The number of imide groups is 1. The number of nitrogens with two attached hydrogens (primary N) is 1. The van der Waals surface area contributed by atoms with Crippen LogP contribution in [0, 0.1) is 0 Å². The Balaban J connectivity index is 2.41. The van der Waals surface area contributed by atoms with Crippen molar-refractivity contribution in [3.8, 4) is 0 Å². The Bertz CT molecular complexity index is 487. The summed E-state index contributed by atoms with van der Waals surface area (Å²) < 4.78 is 0. The van der Waals surface area contributed by atoms with E-state index in [2.05, 4.69) is 10.3 Å². The van der Waals surface area contributed by atoms with Crippen LogP contribution in [0.2, 0.25) is 0 Å². The molecule has 1 saturated heterocycles. The van der Waals surface area contributed by atoms with Gasteiger partial charge in [0, 0.05) is 17.8 Å². The number of amides is 2. The number of carbonyl (C=O) groups excluding carboxylic acids is 2. The van der Waals surface area contributed by atoms with Gasteiger partial charge in [-0.25, -0.2) is 4.98 Å². The van der Waals surface area contributed by atoms with Gasteiger partial charge in [0.05, 0.1) is 6.54 Å². The summed E-state index contributed by atoms with van der Waals surface area (Å²) in [5, 5.41) is 2.30. The van der Waals surface area contributed by atoms with E-state index in [1.165, 1.54) is 0 Å². The standard InChI is InChI=1S/C12H16N4O2/c1-7(13)9-4-3-5-14-11(9)16-6-10(17)15-12(18)8(16)2/h3-5,7-8H,6,13H2,1-2H3,(H,15,17,18)/t7-,8?/m1/s1. The van der Waals surface area contributed by atoms with E-state index < -0.39 is 6.04 Å². The van der Waals surface area contributed by atoms with Crippen LogP contribution in [0.15, 0.2) is 18.3 Å². The topological polar surface area (TPSA) is 88.3 Å². The molecule has 96 valence electrons. The van der Waals surface area contributed by atoms with Gasteiger partial charge in [0.2, 0.25) is 11.8 Å². The maximum atomic E-state index is 11.6. The molecule has 1 aliphatic rings. The van der Waals surface area contributed by atoms with Gasteiger partial charge >= 0.3 is 0 Å². The highest BCUT2D eigenvalue weighted by Crippen LogP contribution is 2.24. The average Bonchev–Trinajstić information content (AvgIpc) is 2.33. The zero-order valence-electron chi connectivity index (χ0n) is 10.4. The average molecular weight is 248 g/mol. The van der Waals surface area contributed by atoms with E-state index in [-0.39, 0.29) is 24.4 Å². The fourth-order valence-electron chi connectivity index (χ4n) is 1.98. The number of nitrogens with zero attached hydrogens (tertiary/aromatic N) is 2. The van der Waals surface area contributed by atoms with Gasteiger partial charge in [-0.1, -0.05) is 6.07 Å². The molecule has 18 heavy (non-hydrogen) atoms. The first-order valence-electron chi connectivity index (χ1n) is 5.81. The summed E-state index contributed by atoms with van der Waals surface area (Å²) in [5.41, 5.74) is 6.71. The number of pyridine rings is 1. The Morgan fingerprint density at radius 2 is 2.28 bits per heavy atom. The molecule has 2 rings (SSSR count). The third kappa shape index (κ3) is 2.19. The molecule has 2 heterocycles. The fourth-order valence-corrected chi connectivity index (χ4v) is 1.98. The normalized spacial score (nSPS) is 21.7. The lowest BCUT2D eigenvalue weighted by Gasteiger charge is -2.34. The van der Waals surface area contributed by atoms with Gasteiger partial charge in [-0.2, -0.15) is 0 Å². The second-order valence-corrected chi connectivity index (χ2v) is 4.42. The van der Waals surface area contributed by atoms with E-state index in [1.807, 2.05) is 13.0 Å². The number of nitrogens with one attached hydrogen (secondary N) is 1. The molecule has 6 nitrogen and oxygen atoms in total. The number of anilines is 1. The lowest BCUT2D eigenvalue weighted by Crippen LogP contribution is -2.57. The Labute approximate surface area is 105 Å². The van der Waals surface area contributed by atoms with Gasteiger partial charge in [0.1, 0.15) is 11.9 Å². The van der Waals surface area contributed by atoms with Crippen LogP contribution >= 0.6 is 0 Å². The van der Waals surface area contributed by atoms with Gasteiger partial charge in [0.25, 0.3) is 0 Å². The van der Waals surface area contributed by atoms with E-state index in [1.54, 1.807) is 24.1 Å². The highest BCUT2D eigenvalue weighted by molar-refractivity contribution is 6.04. The Hall–Kier alpha value is -1.95. The Morgan fingerprint density at radius 3 is 2.94 bits per heavy atom. The van der Waals surface area contributed by atoms with Crippen molar-refractivity contribution < 1.29 is 9.59 Å². The van der Waals surface area contributed by atoms with E-state index >= 15 is 0 Å². The van der Waals surface area contributed by atoms with Crippen molar-refractivity contribution in [3.63, 3.8) is 0 Å². The quantitative estimate of drug-likeness (QED) is 0.716. The number of hydrogen-bond donors (Lipinski definition) is 2. The van der Waals surface area contributed by atoms with Crippen molar-refractivity contribution in [3.05, 3.63) is 23.9 Å². The van der Waals surface area contributed by atoms with Crippen LogP contribution in [0.5, 0.6) is 0 Å². The molecule has 1 unspecified atom stereocenters. The van der Waals surface area contributed by atoms with Crippen LogP contribution < -0.4 is 16.0 Å². The van der Waals surface area contributed by atoms with Crippen molar-refractivity contribution in [1.29, 1.82) is 0 Å². The van der Waals surface area contributed by atoms with Gasteiger partial charge < -0.3 is 10.6 Å². The van der Waals surface area contributed by atoms with Crippen molar-refractivity contribution in [1.82, 2.24) is 10.3 Å². The van der Waals surface area contributed by atoms with Crippen LogP contribution in [-0.2, 0) is 9.59 Å². The molecule has 2 amide bonds. The molecule has 6 heteroatoms. The van der Waals surface area contributed by atoms with Crippen molar-refractivity contribution in [2.75, 3.05) is 11.4 Å². The maximum absolute atomic E-state index is 11.6. The molecule has 2 atom stereocenters. The van der Waals surface area contributed by atoms with Crippen molar-refractivity contribution >= 4 is 17.6 Å². The lowest BCUT2D eigenvalue weighted by molar-refractivity contribution is -0.132. The number of aromatic nitrogens is 1. The zero-order chi connectivity index (χ0) is 13.3. The maximum Gasteiger partial charge on any atom is 0.249 e. The van der Waals surface area contributed by atoms with Crippen molar-refractivity contribution in [2.45, 2.75) is 25.9 Å². The molecule has 1 aromatic rings. The Morgan fingerprint density at radius 1 is 1.56 bits per heavy atom. The van der Waals surface area contributed by atoms with Crippen LogP contribution in [0.1, 0.15) is 25.5 Å². The number of rotatable bonds is 2. The Kier molecular flexibility index (Phi) is 3.29. The minimum Gasteiger partial charge on any atom is -0.335 e. The highest BCUT2D eigenvalue weighted by atomic mass is 16.2. The summed E-state index contributed by atoms with van der Waals surface area (Å²) in [5.74, 6) is -0.0323.